The van der Waals surface area contributed by atoms with Crippen LogP contribution in [0.3, 0.4) is 0 Å². The van der Waals surface area contributed by atoms with Crippen molar-refractivity contribution in [2.75, 3.05) is 0 Å². The summed E-state index contributed by atoms with van der Waals surface area (Å²) >= 11 is 6.04. The molecule has 0 spiro atoms. The molecule has 0 unspecified atom stereocenters. The number of aromatic nitrogens is 5. The normalized spacial score (nSPS) is 11.3. The second-order valence-corrected chi connectivity index (χ2v) is 5.18. The van der Waals surface area contributed by atoms with Crippen molar-refractivity contribution in [3.63, 3.8) is 0 Å². The van der Waals surface area contributed by atoms with Gasteiger partial charge < -0.3 is 0 Å². The maximum absolute atomic E-state index is 6.04. The topological polar surface area (TPSA) is 56.5 Å². The van der Waals surface area contributed by atoms with Gasteiger partial charge in [-0.1, -0.05) is 27.7 Å². The van der Waals surface area contributed by atoms with E-state index in [2.05, 4.69) is 40.8 Å². The highest BCUT2D eigenvalue weighted by Crippen LogP contribution is 2.18. The summed E-state index contributed by atoms with van der Waals surface area (Å²) in [7, 11) is 0. The van der Waals surface area contributed by atoms with Gasteiger partial charge in [-0.2, -0.15) is 5.10 Å². The molecule has 2 aromatic rings. The molecule has 0 amide bonds. The van der Waals surface area contributed by atoms with Crippen LogP contribution in [0.2, 0.25) is 0 Å². The Hall–Kier alpha value is -1.49. The lowest BCUT2D eigenvalue weighted by atomic mass is 10.2. The highest BCUT2D eigenvalue weighted by Gasteiger charge is 2.15. The predicted octanol–water partition coefficient (Wildman–Crippen LogP) is 3.04. The molecule has 2 aromatic heterocycles. The zero-order valence-electron chi connectivity index (χ0n) is 12.4. The quantitative estimate of drug-likeness (QED) is 0.795. The molecule has 0 aliphatic rings. The van der Waals surface area contributed by atoms with Gasteiger partial charge in [-0.25, -0.2) is 19.6 Å². The van der Waals surface area contributed by atoms with E-state index in [0.717, 1.165) is 41.7 Å². The van der Waals surface area contributed by atoms with Crippen molar-refractivity contribution >= 4 is 11.6 Å². The lowest BCUT2D eigenvalue weighted by molar-refractivity contribution is 0.732. The summed E-state index contributed by atoms with van der Waals surface area (Å²) in [5, 5.41) is 4.52. The van der Waals surface area contributed by atoms with Crippen LogP contribution in [0.1, 0.15) is 56.8 Å². The summed E-state index contributed by atoms with van der Waals surface area (Å²) in [6, 6.07) is 0. The van der Waals surface area contributed by atoms with E-state index in [-0.39, 0.29) is 5.92 Å². The largest absolute Gasteiger partial charge is 0.239 e. The van der Waals surface area contributed by atoms with Gasteiger partial charge in [-0.05, 0) is 0 Å². The average molecular weight is 294 g/mol. The molecular formula is C14H20ClN5. The molecule has 2 heterocycles. The van der Waals surface area contributed by atoms with Crippen LogP contribution < -0.4 is 0 Å². The van der Waals surface area contributed by atoms with E-state index in [1.165, 1.54) is 0 Å². The van der Waals surface area contributed by atoms with Crippen LogP contribution in [-0.4, -0.2) is 24.7 Å². The van der Waals surface area contributed by atoms with E-state index in [9.17, 15) is 0 Å². The average Bonchev–Trinajstić information content (AvgIpc) is 2.89. The van der Waals surface area contributed by atoms with Crippen LogP contribution >= 0.6 is 11.6 Å². The second-order valence-electron chi connectivity index (χ2n) is 4.91. The van der Waals surface area contributed by atoms with Gasteiger partial charge in [0.1, 0.15) is 17.3 Å². The van der Waals surface area contributed by atoms with Crippen molar-refractivity contribution in [1.29, 1.82) is 0 Å². The standard InChI is InChI=1S/C14H20ClN5/c1-5-12-18-13(6-2)20(19-12)11-8-16-14(9(3)4)17-10(11)7-15/h8-9H,5-7H2,1-4H3. The Bertz CT molecular complexity index is 591. The first-order valence-electron chi connectivity index (χ1n) is 6.97. The number of hydrogen-bond acceptors (Lipinski definition) is 4. The lowest BCUT2D eigenvalue weighted by Gasteiger charge is -2.11. The molecule has 0 radical (unpaired) electrons. The predicted molar refractivity (Wildman–Crippen MR) is 79.4 cm³/mol. The molecule has 0 fully saturated rings. The summed E-state index contributed by atoms with van der Waals surface area (Å²) in [5.41, 5.74) is 1.63. The molecule has 0 aromatic carbocycles. The van der Waals surface area contributed by atoms with Crippen molar-refractivity contribution in [2.24, 2.45) is 0 Å². The molecule has 0 saturated carbocycles. The van der Waals surface area contributed by atoms with Crippen molar-refractivity contribution in [2.45, 2.75) is 52.3 Å². The summed E-state index contributed by atoms with van der Waals surface area (Å²) in [6.07, 6.45) is 3.41. The SMILES string of the molecule is CCc1nc(CC)n(-c2cnc(C(C)C)nc2CCl)n1. The number of nitrogens with zero attached hydrogens (tertiary/aromatic N) is 5. The van der Waals surface area contributed by atoms with Gasteiger partial charge >= 0.3 is 0 Å². The Morgan fingerprint density at radius 2 is 1.95 bits per heavy atom. The fourth-order valence-electron chi connectivity index (χ4n) is 1.94. The van der Waals surface area contributed by atoms with Crippen molar-refractivity contribution in [3.8, 4) is 5.69 Å². The zero-order chi connectivity index (χ0) is 14.7. The first-order chi connectivity index (χ1) is 9.60. The molecule has 0 bridgehead atoms. The van der Waals surface area contributed by atoms with Gasteiger partial charge in [-0.3, -0.25) is 0 Å². The second kappa shape index (κ2) is 6.31. The van der Waals surface area contributed by atoms with Gasteiger partial charge in [0.25, 0.3) is 0 Å². The Labute approximate surface area is 124 Å². The third-order valence-corrected chi connectivity index (χ3v) is 3.34. The van der Waals surface area contributed by atoms with E-state index >= 15 is 0 Å². The van der Waals surface area contributed by atoms with E-state index < -0.39 is 0 Å². The van der Waals surface area contributed by atoms with Crippen LogP contribution in [0.5, 0.6) is 0 Å². The molecule has 0 atom stereocenters. The van der Waals surface area contributed by atoms with E-state index in [1.807, 2.05) is 11.6 Å². The zero-order valence-corrected chi connectivity index (χ0v) is 13.1. The van der Waals surface area contributed by atoms with Crippen molar-refractivity contribution in [3.05, 3.63) is 29.4 Å². The maximum atomic E-state index is 6.04. The highest BCUT2D eigenvalue weighted by molar-refractivity contribution is 6.17. The molecule has 108 valence electrons. The third-order valence-electron chi connectivity index (χ3n) is 3.09. The molecule has 6 heteroatoms. The van der Waals surface area contributed by atoms with Crippen LogP contribution in [0.4, 0.5) is 0 Å². The number of aryl methyl sites for hydroxylation is 2. The molecule has 0 N–H and O–H groups in total. The number of alkyl halides is 1. The summed E-state index contributed by atoms with van der Waals surface area (Å²) in [4.78, 5) is 13.5. The minimum absolute atomic E-state index is 0.276. The minimum atomic E-state index is 0.276. The number of rotatable bonds is 5. The third kappa shape index (κ3) is 2.82. The molecule has 5 nitrogen and oxygen atoms in total. The fourth-order valence-corrected chi connectivity index (χ4v) is 2.14. The number of hydrogen-bond donors (Lipinski definition) is 0. The molecule has 0 aliphatic carbocycles. The minimum Gasteiger partial charge on any atom is -0.239 e. The Kier molecular flexibility index (Phi) is 4.70. The lowest BCUT2D eigenvalue weighted by Crippen LogP contribution is -2.10. The fraction of sp³-hybridized carbons (Fsp3) is 0.571. The van der Waals surface area contributed by atoms with Crippen LogP contribution in [-0.2, 0) is 18.7 Å². The molecule has 2 rings (SSSR count). The summed E-state index contributed by atoms with van der Waals surface area (Å²) in [5.74, 6) is 3.16. The van der Waals surface area contributed by atoms with E-state index in [0.29, 0.717) is 5.88 Å². The van der Waals surface area contributed by atoms with Gasteiger partial charge in [0.05, 0.1) is 17.8 Å². The number of halogens is 1. The van der Waals surface area contributed by atoms with Crippen molar-refractivity contribution in [1.82, 2.24) is 24.7 Å². The van der Waals surface area contributed by atoms with Crippen molar-refractivity contribution < 1.29 is 0 Å². The van der Waals surface area contributed by atoms with Gasteiger partial charge in [-0.15, -0.1) is 11.6 Å². The Balaban J connectivity index is 2.54. The Morgan fingerprint density at radius 3 is 2.50 bits per heavy atom. The maximum Gasteiger partial charge on any atom is 0.151 e. The van der Waals surface area contributed by atoms with Crippen LogP contribution in [0, 0.1) is 0 Å². The van der Waals surface area contributed by atoms with Gasteiger partial charge in [0.15, 0.2) is 5.82 Å². The summed E-state index contributed by atoms with van der Waals surface area (Å²) in [6.45, 7) is 8.23. The molecule has 0 saturated heterocycles. The van der Waals surface area contributed by atoms with Crippen LogP contribution in [0.25, 0.3) is 5.69 Å². The van der Waals surface area contributed by atoms with Gasteiger partial charge in [0, 0.05) is 18.8 Å². The van der Waals surface area contributed by atoms with E-state index in [1.54, 1.807) is 6.20 Å². The van der Waals surface area contributed by atoms with Gasteiger partial charge in [0.2, 0.25) is 0 Å². The Morgan fingerprint density at radius 1 is 1.20 bits per heavy atom. The highest BCUT2D eigenvalue weighted by atomic mass is 35.5. The molecule has 0 aliphatic heterocycles. The first-order valence-corrected chi connectivity index (χ1v) is 7.51. The monoisotopic (exact) mass is 293 g/mol. The molecular weight excluding hydrogens is 274 g/mol. The van der Waals surface area contributed by atoms with Crippen LogP contribution in [0.15, 0.2) is 6.20 Å². The van der Waals surface area contributed by atoms with E-state index in [4.69, 9.17) is 11.6 Å². The smallest absolute Gasteiger partial charge is 0.151 e. The first kappa shape index (κ1) is 14.9. The molecule has 20 heavy (non-hydrogen) atoms. The summed E-state index contributed by atoms with van der Waals surface area (Å²) < 4.78 is 1.82.